The minimum atomic E-state index is -1.32. The van der Waals surface area contributed by atoms with Gasteiger partial charge in [0.2, 0.25) is 11.7 Å². The standard InChI is InChI=1S/C19H26Cl2N2O6/c1-11-9-27-19(28-11,13-6-5-12(20)7-14(13)21)10-22-16(25)15(8-24)23-17(26)29-18(2,3)4/h5-7,11,15,24H,8-10H2,1-4H3,(H,22,25)(H,23,26). The second-order valence-corrected chi connectivity index (χ2v) is 8.56. The van der Waals surface area contributed by atoms with E-state index in [1.165, 1.54) is 0 Å². The molecule has 0 aromatic heterocycles. The molecular formula is C19H26Cl2N2O6. The van der Waals surface area contributed by atoms with E-state index in [4.69, 9.17) is 37.4 Å². The van der Waals surface area contributed by atoms with Crippen LogP contribution >= 0.6 is 23.2 Å². The Morgan fingerprint density at radius 3 is 2.59 bits per heavy atom. The van der Waals surface area contributed by atoms with E-state index in [0.29, 0.717) is 22.2 Å². The summed E-state index contributed by atoms with van der Waals surface area (Å²) in [5.74, 6) is -1.95. The van der Waals surface area contributed by atoms with Crippen molar-refractivity contribution in [2.24, 2.45) is 0 Å². The maximum absolute atomic E-state index is 12.5. The van der Waals surface area contributed by atoms with E-state index in [1.54, 1.807) is 39.0 Å². The van der Waals surface area contributed by atoms with Crippen LogP contribution in [0.2, 0.25) is 10.0 Å². The van der Waals surface area contributed by atoms with Crippen molar-refractivity contribution < 1.29 is 28.9 Å². The molecule has 0 radical (unpaired) electrons. The Balaban J connectivity index is 2.10. The van der Waals surface area contributed by atoms with E-state index in [-0.39, 0.29) is 12.6 Å². The highest BCUT2D eigenvalue weighted by Gasteiger charge is 2.44. The Labute approximate surface area is 179 Å². The van der Waals surface area contributed by atoms with Crippen molar-refractivity contribution >= 4 is 35.2 Å². The second-order valence-electron chi connectivity index (χ2n) is 7.72. The first-order chi connectivity index (χ1) is 13.5. The Kier molecular flexibility index (Phi) is 7.75. The van der Waals surface area contributed by atoms with Crippen LogP contribution in [0.25, 0.3) is 0 Å². The highest BCUT2D eigenvalue weighted by molar-refractivity contribution is 6.35. The molecule has 3 unspecified atom stereocenters. The Hall–Kier alpha value is -1.58. The average Bonchev–Trinajstić information content (AvgIpc) is 2.98. The maximum atomic E-state index is 12.5. The molecule has 8 nitrogen and oxygen atoms in total. The van der Waals surface area contributed by atoms with Crippen molar-refractivity contribution in [1.29, 1.82) is 0 Å². The first-order valence-corrected chi connectivity index (χ1v) is 9.87. The number of alkyl carbamates (subject to hydrolysis) is 1. The summed E-state index contributed by atoms with van der Waals surface area (Å²) in [6, 6.07) is 3.65. The number of aliphatic hydroxyl groups excluding tert-OH is 1. The van der Waals surface area contributed by atoms with Gasteiger partial charge in [-0.1, -0.05) is 29.3 Å². The van der Waals surface area contributed by atoms with E-state index in [0.717, 1.165) is 0 Å². The minimum Gasteiger partial charge on any atom is -0.444 e. The van der Waals surface area contributed by atoms with Gasteiger partial charge in [0.15, 0.2) is 0 Å². The lowest BCUT2D eigenvalue weighted by atomic mass is 10.1. The zero-order valence-electron chi connectivity index (χ0n) is 16.8. The molecule has 162 valence electrons. The molecule has 0 saturated carbocycles. The van der Waals surface area contributed by atoms with E-state index < -0.39 is 36.0 Å². The number of carbonyl (C=O) groups excluding carboxylic acids is 2. The van der Waals surface area contributed by atoms with Gasteiger partial charge in [-0.05, 0) is 39.8 Å². The van der Waals surface area contributed by atoms with E-state index in [1.807, 2.05) is 6.92 Å². The third kappa shape index (κ3) is 6.45. The molecule has 1 aliphatic heterocycles. The van der Waals surface area contributed by atoms with Gasteiger partial charge in [-0.25, -0.2) is 4.79 Å². The van der Waals surface area contributed by atoms with Crippen molar-refractivity contribution in [3.05, 3.63) is 33.8 Å². The first kappa shape index (κ1) is 23.7. The molecule has 29 heavy (non-hydrogen) atoms. The quantitative estimate of drug-likeness (QED) is 0.617. The summed E-state index contributed by atoms with van der Waals surface area (Å²) in [6.07, 6.45) is -1.05. The SMILES string of the molecule is CC1COC(CNC(=O)C(CO)NC(=O)OC(C)(C)C)(c2ccc(Cl)cc2Cl)O1. The van der Waals surface area contributed by atoms with Crippen LogP contribution < -0.4 is 10.6 Å². The number of amides is 2. The normalized spacial score (nSPS) is 22.8. The van der Waals surface area contributed by atoms with Crippen LogP contribution in [0.1, 0.15) is 33.3 Å². The molecular weight excluding hydrogens is 423 g/mol. The van der Waals surface area contributed by atoms with Gasteiger partial charge in [0, 0.05) is 10.6 Å². The summed E-state index contributed by atoms with van der Waals surface area (Å²) in [5.41, 5.74) is -0.230. The number of hydrogen-bond acceptors (Lipinski definition) is 6. The fourth-order valence-corrected chi connectivity index (χ4v) is 3.30. The number of hydrogen-bond donors (Lipinski definition) is 3. The van der Waals surface area contributed by atoms with Crippen molar-refractivity contribution in [3.8, 4) is 0 Å². The van der Waals surface area contributed by atoms with Crippen molar-refractivity contribution in [2.75, 3.05) is 19.8 Å². The number of halogens is 2. The molecule has 10 heteroatoms. The van der Waals surface area contributed by atoms with Gasteiger partial charge in [0.1, 0.15) is 11.6 Å². The zero-order valence-corrected chi connectivity index (χ0v) is 18.3. The van der Waals surface area contributed by atoms with Crippen molar-refractivity contribution in [2.45, 2.75) is 51.2 Å². The molecule has 3 N–H and O–H groups in total. The molecule has 1 aliphatic rings. The lowest BCUT2D eigenvalue weighted by Crippen LogP contribution is -2.53. The fourth-order valence-electron chi connectivity index (χ4n) is 2.74. The molecule has 1 aromatic carbocycles. The predicted octanol–water partition coefficient (Wildman–Crippen LogP) is 2.58. The van der Waals surface area contributed by atoms with Gasteiger partial charge in [-0.3, -0.25) is 4.79 Å². The molecule has 2 rings (SSSR count). The van der Waals surface area contributed by atoms with Gasteiger partial charge in [-0.15, -0.1) is 0 Å². The van der Waals surface area contributed by atoms with Crippen molar-refractivity contribution in [1.82, 2.24) is 10.6 Å². The lowest BCUT2D eigenvalue weighted by molar-refractivity contribution is -0.174. The minimum absolute atomic E-state index is 0.0932. The van der Waals surface area contributed by atoms with Crippen LogP contribution in [0.4, 0.5) is 4.79 Å². The second kappa shape index (κ2) is 9.49. The number of aliphatic hydroxyl groups is 1. The highest BCUT2D eigenvalue weighted by Crippen LogP contribution is 2.38. The highest BCUT2D eigenvalue weighted by atomic mass is 35.5. The third-order valence-electron chi connectivity index (χ3n) is 3.97. The van der Waals surface area contributed by atoms with Gasteiger partial charge in [-0.2, -0.15) is 0 Å². The van der Waals surface area contributed by atoms with Gasteiger partial charge >= 0.3 is 6.09 Å². The summed E-state index contributed by atoms with van der Waals surface area (Å²) in [6.45, 7) is 6.49. The van der Waals surface area contributed by atoms with Crippen LogP contribution in [0.5, 0.6) is 0 Å². The number of carbonyl (C=O) groups is 2. The monoisotopic (exact) mass is 448 g/mol. The van der Waals surface area contributed by atoms with E-state index in [2.05, 4.69) is 10.6 Å². The van der Waals surface area contributed by atoms with E-state index >= 15 is 0 Å². The average molecular weight is 449 g/mol. The molecule has 1 fully saturated rings. The van der Waals surface area contributed by atoms with Gasteiger partial charge < -0.3 is 30.0 Å². The Morgan fingerprint density at radius 2 is 2.07 bits per heavy atom. The maximum Gasteiger partial charge on any atom is 0.408 e. The molecule has 1 heterocycles. The number of rotatable bonds is 6. The summed E-state index contributed by atoms with van der Waals surface area (Å²) >= 11 is 12.3. The predicted molar refractivity (Wildman–Crippen MR) is 108 cm³/mol. The molecule has 3 atom stereocenters. The Bertz CT molecular complexity index is 755. The van der Waals surface area contributed by atoms with E-state index in [9.17, 15) is 14.7 Å². The van der Waals surface area contributed by atoms with Gasteiger partial charge in [0.05, 0.1) is 30.9 Å². The van der Waals surface area contributed by atoms with Crippen LogP contribution in [-0.2, 0) is 24.8 Å². The lowest BCUT2D eigenvalue weighted by Gasteiger charge is -2.30. The molecule has 0 aliphatic carbocycles. The number of nitrogens with one attached hydrogen (secondary N) is 2. The molecule has 1 saturated heterocycles. The fraction of sp³-hybridized carbons (Fsp3) is 0.579. The summed E-state index contributed by atoms with van der Waals surface area (Å²) < 4.78 is 16.9. The summed E-state index contributed by atoms with van der Waals surface area (Å²) in [4.78, 5) is 24.4. The van der Waals surface area contributed by atoms with Crippen LogP contribution in [0.3, 0.4) is 0 Å². The van der Waals surface area contributed by atoms with Crippen LogP contribution in [-0.4, -0.2) is 54.6 Å². The van der Waals surface area contributed by atoms with Gasteiger partial charge in [0.25, 0.3) is 0 Å². The first-order valence-electron chi connectivity index (χ1n) is 9.11. The third-order valence-corrected chi connectivity index (χ3v) is 4.52. The van der Waals surface area contributed by atoms with Crippen LogP contribution in [0.15, 0.2) is 18.2 Å². The van der Waals surface area contributed by atoms with Crippen molar-refractivity contribution in [3.63, 3.8) is 0 Å². The molecule has 1 aromatic rings. The Morgan fingerprint density at radius 1 is 1.38 bits per heavy atom. The summed E-state index contributed by atoms with van der Waals surface area (Å²) in [5, 5.41) is 15.2. The zero-order chi connectivity index (χ0) is 21.8. The largest absolute Gasteiger partial charge is 0.444 e. The molecule has 0 spiro atoms. The summed E-state index contributed by atoms with van der Waals surface area (Å²) in [7, 11) is 0. The van der Waals surface area contributed by atoms with Crippen LogP contribution in [0, 0.1) is 0 Å². The smallest absolute Gasteiger partial charge is 0.408 e. The topological polar surface area (TPSA) is 106 Å². The number of ether oxygens (including phenoxy) is 3. The molecule has 2 amide bonds. The molecule has 0 bridgehead atoms. The number of benzene rings is 1.